The molecule has 166 valence electrons. The second-order valence-corrected chi connectivity index (χ2v) is 9.22. The number of rotatable bonds is 7. The van der Waals surface area contributed by atoms with Gasteiger partial charge in [0.15, 0.2) is 16.6 Å². The first-order valence-electron chi connectivity index (χ1n) is 11.5. The van der Waals surface area contributed by atoms with E-state index in [1.54, 1.807) is 0 Å². The minimum atomic E-state index is -1.82. The van der Waals surface area contributed by atoms with Crippen LogP contribution in [-0.2, 0) is 18.9 Å². The van der Waals surface area contributed by atoms with E-state index in [0.29, 0.717) is 32.5 Å². The normalized spacial score (nSPS) is 36.8. The van der Waals surface area contributed by atoms with Crippen molar-refractivity contribution in [2.45, 2.75) is 88.8 Å². The van der Waals surface area contributed by atoms with E-state index in [-0.39, 0.29) is 12.3 Å². The molecule has 1 aliphatic carbocycles. The number of hydrogen-bond donors (Lipinski definition) is 1. The molecule has 4 aliphatic rings. The van der Waals surface area contributed by atoms with Gasteiger partial charge in [0.2, 0.25) is 11.7 Å². The maximum atomic E-state index is 10.4. The SMILES string of the molecule is CCCCCCCCC1OC23CCC4(CC2C(C#N)(C(=N)O3)C1(C#N)C#N)OCCO4. The van der Waals surface area contributed by atoms with Crippen molar-refractivity contribution in [3.63, 3.8) is 0 Å². The zero-order valence-corrected chi connectivity index (χ0v) is 18.1. The summed E-state index contributed by atoms with van der Waals surface area (Å²) < 4.78 is 24.1. The van der Waals surface area contributed by atoms with Crippen LogP contribution in [0.3, 0.4) is 0 Å². The first-order chi connectivity index (χ1) is 15.0. The van der Waals surface area contributed by atoms with E-state index in [9.17, 15) is 15.8 Å². The fraction of sp³-hybridized carbons (Fsp3) is 0.826. The number of unbranched alkanes of at least 4 members (excludes halogenated alkanes) is 5. The van der Waals surface area contributed by atoms with Gasteiger partial charge in [-0.1, -0.05) is 45.4 Å². The molecule has 3 aliphatic heterocycles. The van der Waals surface area contributed by atoms with Crippen molar-refractivity contribution < 1.29 is 18.9 Å². The number of ether oxygens (including phenoxy) is 4. The number of nitrogens with one attached hydrogen (secondary N) is 1. The third kappa shape index (κ3) is 2.99. The van der Waals surface area contributed by atoms with Crippen LogP contribution < -0.4 is 0 Å². The summed E-state index contributed by atoms with van der Waals surface area (Å²) in [6.45, 7) is 3.09. The van der Waals surface area contributed by atoms with E-state index in [2.05, 4.69) is 25.1 Å². The monoisotopic (exact) mass is 426 g/mol. The second kappa shape index (κ2) is 8.06. The maximum absolute atomic E-state index is 10.4. The van der Waals surface area contributed by atoms with Crippen molar-refractivity contribution in [3.05, 3.63) is 0 Å². The average Bonchev–Trinajstić information content (AvgIpc) is 3.31. The third-order valence-electron chi connectivity index (χ3n) is 7.67. The molecule has 0 aromatic rings. The highest BCUT2D eigenvalue weighted by Gasteiger charge is 2.81. The molecule has 1 N–H and O–H groups in total. The predicted molar refractivity (Wildman–Crippen MR) is 108 cm³/mol. The molecule has 0 radical (unpaired) electrons. The molecule has 2 bridgehead atoms. The van der Waals surface area contributed by atoms with Gasteiger partial charge in [-0.3, -0.25) is 5.41 Å². The van der Waals surface area contributed by atoms with Gasteiger partial charge >= 0.3 is 0 Å². The molecule has 31 heavy (non-hydrogen) atoms. The Kier molecular flexibility index (Phi) is 5.73. The minimum Gasteiger partial charge on any atom is -0.447 e. The molecular formula is C23H30N4O4. The van der Waals surface area contributed by atoms with Gasteiger partial charge in [-0.05, 0) is 6.42 Å². The average molecular weight is 427 g/mol. The minimum absolute atomic E-state index is 0.262. The first-order valence-corrected chi connectivity index (χ1v) is 11.5. The fourth-order valence-corrected chi connectivity index (χ4v) is 6.03. The number of hydrogen-bond acceptors (Lipinski definition) is 8. The van der Waals surface area contributed by atoms with Crippen LogP contribution in [0.5, 0.6) is 0 Å². The molecule has 0 amide bonds. The molecule has 4 unspecified atom stereocenters. The lowest BCUT2D eigenvalue weighted by atomic mass is 9.51. The van der Waals surface area contributed by atoms with Crippen LogP contribution in [-0.4, -0.2) is 36.8 Å². The highest BCUT2D eigenvalue weighted by molar-refractivity contribution is 5.89. The molecule has 4 fully saturated rings. The van der Waals surface area contributed by atoms with Gasteiger partial charge in [-0.2, -0.15) is 15.8 Å². The van der Waals surface area contributed by atoms with E-state index in [1.165, 1.54) is 12.8 Å². The summed E-state index contributed by atoms with van der Waals surface area (Å²) in [5.74, 6) is -3.05. The summed E-state index contributed by atoms with van der Waals surface area (Å²) in [6, 6.07) is 6.47. The van der Waals surface area contributed by atoms with E-state index in [0.717, 1.165) is 25.7 Å². The summed E-state index contributed by atoms with van der Waals surface area (Å²) in [4.78, 5) is 0. The van der Waals surface area contributed by atoms with E-state index >= 15 is 0 Å². The third-order valence-corrected chi connectivity index (χ3v) is 7.67. The molecule has 0 aromatic carbocycles. The Morgan fingerprint density at radius 3 is 2.29 bits per heavy atom. The molecule has 3 saturated heterocycles. The van der Waals surface area contributed by atoms with Crippen molar-refractivity contribution in [1.29, 1.82) is 21.2 Å². The lowest BCUT2D eigenvalue weighted by Crippen LogP contribution is -2.65. The van der Waals surface area contributed by atoms with Crippen LogP contribution in [0.4, 0.5) is 0 Å². The number of nitriles is 3. The maximum Gasteiger partial charge on any atom is 0.217 e. The molecule has 4 rings (SSSR count). The van der Waals surface area contributed by atoms with Gasteiger partial charge in [0.1, 0.15) is 0 Å². The highest BCUT2D eigenvalue weighted by atomic mass is 16.7. The zero-order valence-electron chi connectivity index (χ0n) is 18.1. The Morgan fingerprint density at radius 1 is 0.968 bits per heavy atom. The van der Waals surface area contributed by atoms with Crippen molar-refractivity contribution in [2.75, 3.05) is 13.2 Å². The Bertz CT molecular complexity index is 835. The quantitative estimate of drug-likeness (QED) is 0.610. The second-order valence-electron chi connectivity index (χ2n) is 9.22. The van der Waals surface area contributed by atoms with Crippen LogP contribution >= 0.6 is 0 Å². The lowest BCUT2D eigenvalue weighted by molar-refractivity contribution is -0.329. The smallest absolute Gasteiger partial charge is 0.217 e. The zero-order chi connectivity index (χ0) is 22.2. The summed E-state index contributed by atoms with van der Waals surface area (Å²) in [5, 5.41) is 39.5. The topological polar surface area (TPSA) is 132 Å². The van der Waals surface area contributed by atoms with Gasteiger partial charge in [-0.15, -0.1) is 0 Å². The largest absolute Gasteiger partial charge is 0.447 e. The van der Waals surface area contributed by atoms with Gasteiger partial charge in [0.05, 0.1) is 43.4 Å². The Labute approximate surface area is 183 Å². The van der Waals surface area contributed by atoms with Crippen LogP contribution in [0.1, 0.15) is 71.1 Å². The van der Waals surface area contributed by atoms with Crippen molar-refractivity contribution >= 4 is 5.90 Å². The standard InChI is InChI=1S/C23H30N4O4/c1-2-3-4-5-6-7-8-18-20(14-24,15-25)22(16-26)17-13-21(28-11-12-29-21)9-10-23(17,30-18)31-19(22)27/h17-18,27H,2-13H2,1H3. The number of nitrogens with zero attached hydrogens (tertiary/aromatic N) is 3. The van der Waals surface area contributed by atoms with E-state index < -0.39 is 34.4 Å². The predicted octanol–water partition coefficient (Wildman–Crippen LogP) is 3.93. The van der Waals surface area contributed by atoms with Crippen LogP contribution in [0, 0.1) is 56.2 Å². The van der Waals surface area contributed by atoms with E-state index in [1.807, 2.05) is 0 Å². The van der Waals surface area contributed by atoms with Crippen LogP contribution in [0.2, 0.25) is 0 Å². The molecule has 8 nitrogen and oxygen atoms in total. The molecule has 8 heteroatoms. The van der Waals surface area contributed by atoms with Gasteiger partial charge in [-0.25, -0.2) is 0 Å². The van der Waals surface area contributed by atoms with Gasteiger partial charge in [0, 0.05) is 19.3 Å². The fourth-order valence-electron chi connectivity index (χ4n) is 6.03. The summed E-state index contributed by atoms with van der Waals surface area (Å²) in [7, 11) is 0. The summed E-state index contributed by atoms with van der Waals surface area (Å²) in [5.41, 5.74) is -3.52. The Balaban J connectivity index is 1.65. The van der Waals surface area contributed by atoms with Crippen molar-refractivity contribution in [3.8, 4) is 18.2 Å². The molecular weight excluding hydrogens is 396 g/mol. The summed E-state index contributed by atoms with van der Waals surface area (Å²) >= 11 is 0. The Morgan fingerprint density at radius 2 is 1.65 bits per heavy atom. The van der Waals surface area contributed by atoms with Crippen molar-refractivity contribution in [1.82, 2.24) is 0 Å². The lowest BCUT2D eigenvalue weighted by Gasteiger charge is -2.54. The van der Waals surface area contributed by atoms with E-state index in [4.69, 9.17) is 24.4 Å². The molecule has 1 spiro atoms. The highest BCUT2D eigenvalue weighted by Crippen LogP contribution is 2.68. The van der Waals surface area contributed by atoms with Crippen LogP contribution in [0.25, 0.3) is 0 Å². The Hall–Kier alpha value is -2.18. The van der Waals surface area contributed by atoms with Gasteiger partial charge < -0.3 is 18.9 Å². The van der Waals surface area contributed by atoms with Crippen molar-refractivity contribution in [2.24, 2.45) is 16.7 Å². The molecule has 3 heterocycles. The summed E-state index contributed by atoms with van der Waals surface area (Å²) in [6.07, 6.45) is 7.26. The van der Waals surface area contributed by atoms with Crippen LogP contribution in [0.15, 0.2) is 0 Å². The molecule has 1 saturated carbocycles. The molecule has 4 atom stereocenters. The first kappa shape index (κ1) is 22.0. The molecule has 0 aromatic heterocycles. The van der Waals surface area contributed by atoms with Gasteiger partial charge in [0.25, 0.3) is 0 Å².